The highest BCUT2D eigenvalue weighted by Crippen LogP contribution is 2.57. The zero-order valence-corrected chi connectivity index (χ0v) is 30.1. The lowest BCUT2D eigenvalue weighted by Crippen LogP contribution is -2.33. The number of aryl methyl sites for hydroxylation is 2. The predicted molar refractivity (Wildman–Crippen MR) is 207 cm³/mol. The van der Waals surface area contributed by atoms with Gasteiger partial charge in [0.2, 0.25) is 0 Å². The molecule has 0 fully saturated rings. The summed E-state index contributed by atoms with van der Waals surface area (Å²) in [7, 11) is 0. The van der Waals surface area contributed by atoms with E-state index in [2.05, 4.69) is 130 Å². The molecule has 0 amide bonds. The van der Waals surface area contributed by atoms with Crippen LogP contribution in [0.4, 0.5) is 22.7 Å². The second kappa shape index (κ2) is 17.0. The molecule has 4 aromatic rings. The van der Waals surface area contributed by atoms with Crippen molar-refractivity contribution in [2.75, 3.05) is 10.6 Å². The molecule has 2 nitrogen and oxygen atoms in total. The molecule has 0 aliphatic heterocycles. The molecule has 5 rings (SSSR count). The summed E-state index contributed by atoms with van der Waals surface area (Å²) in [6, 6.07) is 31.9. The Morgan fingerprint density at radius 2 is 0.957 bits per heavy atom. The highest BCUT2D eigenvalue weighted by molar-refractivity contribution is 5.85. The third-order valence-electron chi connectivity index (χ3n) is 10.7. The minimum absolute atomic E-state index is 0.00652. The van der Waals surface area contributed by atoms with Gasteiger partial charge in [0.25, 0.3) is 0 Å². The Kier molecular flexibility index (Phi) is 12.6. The lowest BCUT2D eigenvalue weighted by Gasteiger charge is -2.39. The Morgan fingerprint density at radius 3 is 1.45 bits per heavy atom. The van der Waals surface area contributed by atoms with Gasteiger partial charge < -0.3 is 10.6 Å². The van der Waals surface area contributed by atoms with Gasteiger partial charge in [-0.1, -0.05) is 134 Å². The van der Waals surface area contributed by atoms with Crippen molar-refractivity contribution in [3.63, 3.8) is 0 Å². The van der Waals surface area contributed by atoms with Gasteiger partial charge in [0.05, 0.1) is 0 Å². The van der Waals surface area contributed by atoms with Gasteiger partial charge in [0, 0.05) is 28.2 Å². The van der Waals surface area contributed by atoms with Gasteiger partial charge in [-0.2, -0.15) is 0 Å². The normalized spacial score (nSPS) is 13.6. The van der Waals surface area contributed by atoms with Crippen LogP contribution in [0.25, 0.3) is 11.1 Å². The molecule has 0 heterocycles. The molecule has 250 valence electrons. The smallest absolute Gasteiger partial charge is 0.0387 e. The van der Waals surface area contributed by atoms with Crippen molar-refractivity contribution in [1.29, 1.82) is 0 Å². The van der Waals surface area contributed by atoms with E-state index in [9.17, 15) is 0 Å². The third kappa shape index (κ3) is 8.69. The van der Waals surface area contributed by atoms with E-state index in [0.29, 0.717) is 5.92 Å². The van der Waals surface area contributed by atoms with E-state index in [1.165, 1.54) is 135 Å². The Labute approximate surface area is 286 Å². The van der Waals surface area contributed by atoms with Crippen LogP contribution in [0.2, 0.25) is 0 Å². The first kappa shape index (κ1) is 34.8. The highest BCUT2D eigenvalue weighted by atomic mass is 14.9. The average Bonchev–Trinajstić information content (AvgIpc) is 3.33. The molecule has 0 radical (unpaired) electrons. The maximum atomic E-state index is 3.78. The molecule has 1 aliphatic carbocycles. The molecule has 1 atom stereocenters. The summed E-state index contributed by atoms with van der Waals surface area (Å²) in [6.07, 6.45) is 18.5. The SMILES string of the molecule is CCCCCCCCC(C)C1(CCCCCCCC)c2cc(Nc3cccc(C)c3)ccc2-c2ccc(Nc3cccc(C)c3)cc21. The molecular formula is C45H60N2. The molecule has 1 unspecified atom stereocenters. The molecule has 2 heteroatoms. The van der Waals surface area contributed by atoms with Gasteiger partial charge in [-0.25, -0.2) is 0 Å². The first-order valence-corrected chi connectivity index (χ1v) is 18.9. The molecule has 4 aromatic carbocycles. The van der Waals surface area contributed by atoms with Gasteiger partial charge in [0.15, 0.2) is 0 Å². The summed E-state index contributed by atoms with van der Waals surface area (Å²) >= 11 is 0. The van der Waals surface area contributed by atoms with Crippen LogP contribution in [0.5, 0.6) is 0 Å². The number of hydrogen-bond acceptors (Lipinski definition) is 2. The lowest BCUT2D eigenvalue weighted by molar-refractivity contribution is 0.292. The summed E-state index contributed by atoms with van der Waals surface area (Å²) < 4.78 is 0. The van der Waals surface area contributed by atoms with E-state index < -0.39 is 0 Å². The van der Waals surface area contributed by atoms with Crippen LogP contribution in [0.3, 0.4) is 0 Å². The second-order valence-electron chi connectivity index (χ2n) is 14.5. The summed E-state index contributed by atoms with van der Waals surface area (Å²) in [5.41, 5.74) is 13.2. The topological polar surface area (TPSA) is 24.1 Å². The van der Waals surface area contributed by atoms with Crippen molar-refractivity contribution < 1.29 is 0 Å². The Hall–Kier alpha value is -3.52. The Balaban J connectivity index is 1.54. The van der Waals surface area contributed by atoms with E-state index in [4.69, 9.17) is 0 Å². The van der Waals surface area contributed by atoms with Gasteiger partial charge in [-0.3, -0.25) is 0 Å². The van der Waals surface area contributed by atoms with Crippen molar-refractivity contribution in [3.8, 4) is 11.1 Å². The summed E-state index contributed by atoms with van der Waals surface area (Å²) in [5.74, 6) is 0.549. The monoisotopic (exact) mass is 628 g/mol. The maximum Gasteiger partial charge on any atom is 0.0387 e. The lowest BCUT2D eigenvalue weighted by atomic mass is 9.64. The van der Waals surface area contributed by atoms with Crippen LogP contribution >= 0.6 is 0 Å². The number of benzene rings is 4. The van der Waals surface area contributed by atoms with E-state index in [-0.39, 0.29) is 5.41 Å². The molecule has 0 saturated heterocycles. The number of fused-ring (bicyclic) bond motifs is 3. The summed E-state index contributed by atoms with van der Waals surface area (Å²) in [6.45, 7) is 11.5. The standard InChI is InChI=1S/C45H60N2/c1-6-8-10-12-14-16-22-36(5)45(29-17-15-13-11-9-7-2)43-32-39(46-37-23-18-20-34(3)30-37)25-27-41(43)42-28-26-40(33-44(42)45)47-38-24-19-21-35(4)31-38/h18-21,23-28,30-33,36,46-47H,6-17,22,29H2,1-5H3. The van der Waals surface area contributed by atoms with Crippen LogP contribution in [0, 0.1) is 19.8 Å². The third-order valence-corrected chi connectivity index (χ3v) is 10.7. The molecule has 1 aliphatic rings. The van der Waals surface area contributed by atoms with E-state index >= 15 is 0 Å². The second-order valence-corrected chi connectivity index (χ2v) is 14.5. The quantitative estimate of drug-likeness (QED) is 0.101. The first-order valence-electron chi connectivity index (χ1n) is 18.9. The van der Waals surface area contributed by atoms with Crippen LogP contribution in [-0.2, 0) is 5.41 Å². The Morgan fingerprint density at radius 1 is 0.511 bits per heavy atom. The number of unbranched alkanes of at least 4 members (excludes halogenated alkanes) is 10. The fourth-order valence-corrected chi connectivity index (χ4v) is 8.08. The van der Waals surface area contributed by atoms with Gasteiger partial charge >= 0.3 is 0 Å². The van der Waals surface area contributed by atoms with E-state index in [1.54, 1.807) is 0 Å². The minimum atomic E-state index is -0.00652. The molecule has 0 spiro atoms. The summed E-state index contributed by atoms with van der Waals surface area (Å²) in [5, 5.41) is 7.55. The van der Waals surface area contributed by atoms with Gasteiger partial charge in [-0.15, -0.1) is 0 Å². The molecule has 47 heavy (non-hydrogen) atoms. The molecule has 0 aromatic heterocycles. The van der Waals surface area contributed by atoms with Crippen molar-refractivity contribution in [1.82, 2.24) is 0 Å². The molecular weight excluding hydrogens is 569 g/mol. The molecule has 2 N–H and O–H groups in total. The summed E-state index contributed by atoms with van der Waals surface area (Å²) in [4.78, 5) is 0. The molecule has 0 saturated carbocycles. The fourth-order valence-electron chi connectivity index (χ4n) is 8.08. The van der Waals surface area contributed by atoms with Crippen molar-refractivity contribution >= 4 is 22.7 Å². The van der Waals surface area contributed by atoms with Gasteiger partial charge in [-0.05, 0) is 115 Å². The number of hydrogen-bond donors (Lipinski definition) is 2. The van der Waals surface area contributed by atoms with Crippen molar-refractivity contribution in [2.45, 2.75) is 130 Å². The van der Waals surface area contributed by atoms with E-state index in [1.807, 2.05) is 0 Å². The number of rotatable bonds is 19. The van der Waals surface area contributed by atoms with Crippen molar-refractivity contribution in [3.05, 3.63) is 107 Å². The average molecular weight is 629 g/mol. The van der Waals surface area contributed by atoms with Crippen LogP contribution in [0.1, 0.15) is 133 Å². The number of nitrogens with one attached hydrogen (secondary N) is 2. The van der Waals surface area contributed by atoms with Gasteiger partial charge in [0.1, 0.15) is 0 Å². The zero-order chi connectivity index (χ0) is 33.1. The van der Waals surface area contributed by atoms with Crippen molar-refractivity contribution in [2.24, 2.45) is 5.92 Å². The largest absolute Gasteiger partial charge is 0.356 e. The fraction of sp³-hybridized carbons (Fsp3) is 0.467. The van der Waals surface area contributed by atoms with Crippen LogP contribution in [-0.4, -0.2) is 0 Å². The van der Waals surface area contributed by atoms with Crippen LogP contribution < -0.4 is 10.6 Å². The predicted octanol–water partition coefficient (Wildman–Crippen LogP) is 14.2. The van der Waals surface area contributed by atoms with E-state index in [0.717, 1.165) is 11.4 Å². The Bertz CT molecular complexity index is 1470. The molecule has 0 bridgehead atoms. The maximum absolute atomic E-state index is 3.78. The number of anilines is 4. The van der Waals surface area contributed by atoms with Crippen LogP contribution in [0.15, 0.2) is 84.9 Å². The minimum Gasteiger partial charge on any atom is -0.356 e. The first-order chi connectivity index (χ1) is 22.9. The highest BCUT2D eigenvalue weighted by Gasteiger charge is 2.46. The zero-order valence-electron chi connectivity index (χ0n) is 30.1.